The van der Waals surface area contributed by atoms with Gasteiger partial charge in [-0.05, 0) is 18.1 Å². The van der Waals surface area contributed by atoms with Crippen LogP contribution in [-0.4, -0.2) is 18.6 Å². The zero-order valence-corrected chi connectivity index (χ0v) is 9.94. The molecular weight excluding hydrogens is 219 g/mol. The molecule has 0 N–H and O–H groups in total. The summed E-state index contributed by atoms with van der Waals surface area (Å²) >= 11 is 11.7. The van der Waals surface area contributed by atoms with Gasteiger partial charge in [0.25, 0.3) is 0 Å². The molecule has 1 aromatic heterocycles. The molecule has 0 radical (unpaired) electrons. The van der Waals surface area contributed by atoms with Crippen LogP contribution in [0.5, 0.6) is 0 Å². The smallest absolute Gasteiger partial charge is 0.128 e. The third-order valence-corrected chi connectivity index (χ3v) is 2.64. The second kappa shape index (κ2) is 5.42. The Morgan fingerprint density at radius 2 is 2.21 bits per heavy atom. The first-order chi connectivity index (χ1) is 6.69. The van der Waals surface area contributed by atoms with Crippen molar-refractivity contribution in [3.8, 4) is 0 Å². The van der Waals surface area contributed by atoms with E-state index in [1.807, 2.05) is 13.1 Å². The molecule has 78 valence electrons. The molecule has 0 atom stereocenters. The van der Waals surface area contributed by atoms with Gasteiger partial charge in [0.2, 0.25) is 0 Å². The lowest BCUT2D eigenvalue weighted by molar-refractivity contribution is 0.837. The van der Waals surface area contributed by atoms with E-state index in [9.17, 15) is 0 Å². The van der Waals surface area contributed by atoms with E-state index >= 15 is 0 Å². The van der Waals surface area contributed by atoms with Crippen LogP contribution in [-0.2, 0) is 5.88 Å². The van der Waals surface area contributed by atoms with Crippen molar-refractivity contribution in [2.45, 2.75) is 19.2 Å². The summed E-state index contributed by atoms with van der Waals surface area (Å²) in [6.07, 6.45) is 2.75. The summed E-state index contributed by atoms with van der Waals surface area (Å²) in [6.45, 7) is 3.12. The fraction of sp³-hybridized carbons (Fsp3) is 0.500. The number of pyridine rings is 1. The van der Waals surface area contributed by atoms with Gasteiger partial charge in [-0.1, -0.05) is 18.5 Å². The zero-order chi connectivity index (χ0) is 10.6. The number of alkyl halides is 1. The summed E-state index contributed by atoms with van der Waals surface area (Å²) in [7, 11) is 2.01. The van der Waals surface area contributed by atoms with Crippen molar-refractivity contribution in [2.24, 2.45) is 0 Å². The summed E-state index contributed by atoms with van der Waals surface area (Å²) in [6, 6.07) is 1.94. The van der Waals surface area contributed by atoms with Crippen LogP contribution in [0.25, 0.3) is 0 Å². The van der Waals surface area contributed by atoms with E-state index in [1.165, 1.54) is 0 Å². The molecule has 0 unspecified atom stereocenters. The maximum atomic E-state index is 5.91. The van der Waals surface area contributed by atoms with Crippen molar-refractivity contribution >= 4 is 29.0 Å². The van der Waals surface area contributed by atoms with Crippen molar-refractivity contribution in [3.63, 3.8) is 0 Å². The molecule has 0 aliphatic carbocycles. The molecular formula is C10H14Cl2N2. The third kappa shape index (κ3) is 2.76. The number of anilines is 1. The number of aromatic nitrogens is 1. The molecule has 1 aromatic rings. The monoisotopic (exact) mass is 232 g/mol. The lowest BCUT2D eigenvalue weighted by Crippen LogP contribution is -2.19. The first-order valence-corrected chi connectivity index (χ1v) is 5.51. The van der Waals surface area contributed by atoms with Crippen LogP contribution in [0.4, 0.5) is 5.82 Å². The molecule has 0 aliphatic rings. The van der Waals surface area contributed by atoms with Gasteiger partial charge in [-0.15, -0.1) is 11.6 Å². The van der Waals surface area contributed by atoms with Gasteiger partial charge in [0.15, 0.2) is 0 Å². The van der Waals surface area contributed by atoms with Gasteiger partial charge in [0.1, 0.15) is 5.82 Å². The Morgan fingerprint density at radius 1 is 1.50 bits per heavy atom. The van der Waals surface area contributed by atoms with Gasteiger partial charge in [0.05, 0.1) is 5.02 Å². The van der Waals surface area contributed by atoms with E-state index in [2.05, 4.69) is 16.8 Å². The molecule has 0 amide bonds. The van der Waals surface area contributed by atoms with E-state index in [0.29, 0.717) is 10.9 Å². The van der Waals surface area contributed by atoms with E-state index in [1.54, 1.807) is 6.20 Å². The highest BCUT2D eigenvalue weighted by Gasteiger charge is 2.05. The van der Waals surface area contributed by atoms with Gasteiger partial charge in [-0.3, -0.25) is 0 Å². The van der Waals surface area contributed by atoms with Crippen molar-refractivity contribution in [3.05, 3.63) is 22.8 Å². The van der Waals surface area contributed by atoms with Crippen LogP contribution in [0.1, 0.15) is 18.9 Å². The summed E-state index contributed by atoms with van der Waals surface area (Å²) in [4.78, 5) is 6.33. The Bertz CT molecular complexity index is 302. The molecule has 0 saturated heterocycles. The van der Waals surface area contributed by atoms with Crippen molar-refractivity contribution in [2.75, 3.05) is 18.5 Å². The molecule has 0 spiro atoms. The first-order valence-electron chi connectivity index (χ1n) is 4.60. The van der Waals surface area contributed by atoms with E-state index in [-0.39, 0.29) is 0 Å². The number of hydrogen-bond acceptors (Lipinski definition) is 2. The van der Waals surface area contributed by atoms with Gasteiger partial charge in [0, 0.05) is 25.7 Å². The predicted octanol–water partition coefficient (Wildman–Crippen LogP) is 3.32. The number of halogens is 2. The molecule has 1 heterocycles. The number of nitrogens with zero attached hydrogens (tertiary/aromatic N) is 2. The van der Waals surface area contributed by atoms with Crippen molar-refractivity contribution in [1.29, 1.82) is 0 Å². The zero-order valence-electron chi connectivity index (χ0n) is 8.43. The van der Waals surface area contributed by atoms with Gasteiger partial charge < -0.3 is 4.90 Å². The molecule has 1 rings (SSSR count). The summed E-state index contributed by atoms with van der Waals surface area (Å²) in [5.74, 6) is 1.35. The lowest BCUT2D eigenvalue weighted by Gasteiger charge is -2.17. The fourth-order valence-corrected chi connectivity index (χ4v) is 1.69. The third-order valence-electron chi connectivity index (χ3n) is 2.01. The van der Waals surface area contributed by atoms with Crippen LogP contribution >= 0.6 is 23.2 Å². The first kappa shape index (κ1) is 11.6. The molecule has 0 bridgehead atoms. The average molecular weight is 233 g/mol. The summed E-state index contributed by atoms with van der Waals surface area (Å²) in [5.41, 5.74) is 0.932. The lowest BCUT2D eigenvalue weighted by atomic mass is 10.3. The van der Waals surface area contributed by atoms with Crippen LogP contribution < -0.4 is 4.90 Å². The Hall–Kier alpha value is -0.470. The Labute approximate surface area is 94.8 Å². The van der Waals surface area contributed by atoms with E-state index in [4.69, 9.17) is 23.2 Å². The van der Waals surface area contributed by atoms with Crippen LogP contribution in [0, 0.1) is 0 Å². The molecule has 4 heteroatoms. The van der Waals surface area contributed by atoms with Crippen LogP contribution in [0.15, 0.2) is 12.3 Å². The highest BCUT2D eigenvalue weighted by atomic mass is 35.5. The van der Waals surface area contributed by atoms with Crippen molar-refractivity contribution < 1.29 is 0 Å². The molecule has 2 nitrogen and oxygen atoms in total. The van der Waals surface area contributed by atoms with Crippen molar-refractivity contribution in [1.82, 2.24) is 4.98 Å². The minimum Gasteiger partial charge on any atom is -0.360 e. The molecule has 0 fully saturated rings. The average Bonchev–Trinajstić information content (AvgIpc) is 2.19. The Morgan fingerprint density at radius 3 is 2.79 bits per heavy atom. The summed E-state index contributed by atoms with van der Waals surface area (Å²) < 4.78 is 0. The highest BCUT2D eigenvalue weighted by molar-refractivity contribution is 6.32. The maximum absolute atomic E-state index is 5.91. The molecule has 0 aliphatic heterocycles. The minimum absolute atomic E-state index is 0.425. The Balaban J connectivity index is 2.88. The topological polar surface area (TPSA) is 16.1 Å². The second-order valence-corrected chi connectivity index (χ2v) is 3.86. The molecule has 14 heavy (non-hydrogen) atoms. The second-order valence-electron chi connectivity index (χ2n) is 3.19. The largest absolute Gasteiger partial charge is 0.360 e. The molecule has 0 aromatic carbocycles. The Kier molecular flexibility index (Phi) is 4.49. The fourth-order valence-electron chi connectivity index (χ4n) is 1.23. The van der Waals surface area contributed by atoms with Gasteiger partial charge >= 0.3 is 0 Å². The van der Waals surface area contributed by atoms with E-state index < -0.39 is 0 Å². The normalized spacial score (nSPS) is 10.3. The van der Waals surface area contributed by atoms with Crippen LogP contribution in [0.3, 0.4) is 0 Å². The van der Waals surface area contributed by atoms with E-state index in [0.717, 1.165) is 24.3 Å². The predicted molar refractivity (Wildman–Crippen MR) is 62.4 cm³/mol. The van der Waals surface area contributed by atoms with Gasteiger partial charge in [-0.2, -0.15) is 0 Å². The van der Waals surface area contributed by atoms with Crippen LogP contribution in [0.2, 0.25) is 5.02 Å². The quantitative estimate of drug-likeness (QED) is 0.741. The summed E-state index contributed by atoms with van der Waals surface area (Å²) in [5, 5.41) is 0.633. The molecule has 0 saturated carbocycles. The number of hydrogen-bond donors (Lipinski definition) is 0. The minimum atomic E-state index is 0.425. The van der Waals surface area contributed by atoms with Gasteiger partial charge in [-0.25, -0.2) is 4.98 Å². The highest BCUT2D eigenvalue weighted by Crippen LogP contribution is 2.21. The maximum Gasteiger partial charge on any atom is 0.128 e. The standard InChI is InChI=1S/C10H14Cl2N2/c1-3-4-14(2)10-5-8(6-11)9(12)7-13-10/h5,7H,3-4,6H2,1-2H3. The SMILES string of the molecule is CCCN(C)c1cc(CCl)c(Cl)cn1. The number of rotatable bonds is 4.